The molecule has 1 aromatic carbocycles. The molecule has 0 radical (unpaired) electrons. The summed E-state index contributed by atoms with van der Waals surface area (Å²) in [4.78, 5) is 0. The van der Waals surface area contributed by atoms with E-state index in [9.17, 15) is 0 Å². The molecule has 0 amide bonds. The van der Waals surface area contributed by atoms with Crippen LogP contribution in [0.2, 0.25) is 0 Å². The number of allylic oxidation sites excluding steroid dienone is 1. The molecule has 0 aromatic heterocycles. The van der Waals surface area contributed by atoms with Crippen LogP contribution in [-0.2, 0) is 6.42 Å². The summed E-state index contributed by atoms with van der Waals surface area (Å²) in [5.74, 6) is 0. The molecule has 0 saturated carbocycles. The Kier molecular flexibility index (Phi) is 6.69. The van der Waals surface area contributed by atoms with E-state index >= 15 is 0 Å². The third kappa shape index (κ3) is 5.21. The highest BCUT2D eigenvalue weighted by atomic mass is 14.1. The molecular formula is C17H26. The zero-order chi connectivity index (χ0) is 12.5. The minimum atomic E-state index is 1.19. The van der Waals surface area contributed by atoms with E-state index in [1.807, 2.05) is 0 Å². The van der Waals surface area contributed by atoms with Gasteiger partial charge in [-0.25, -0.2) is 0 Å². The molecule has 0 N–H and O–H groups in total. The molecule has 0 aliphatic carbocycles. The van der Waals surface area contributed by atoms with Gasteiger partial charge in [0.1, 0.15) is 0 Å². The standard InChI is InChI=1S/C17H26/c1-4-5-6-7-8-9-12-16-13-10-11-14-17(16)15(2)3/h10-11,13-14H,2,4-9,12H2,1,3H3. The number of rotatable bonds is 8. The summed E-state index contributed by atoms with van der Waals surface area (Å²) in [5.41, 5.74) is 4.00. The Morgan fingerprint density at radius 2 is 1.65 bits per heavy atom. The van der Waals surface area contributed by atoms with Crippen molar-refractivity contribution < 1.29 is 0 Å². The summed E-state index contributed by atoms with van der Waals surface area (Å²) in [6, 6.07) is 8.68. The van der Waals surface area contributed by atoms with Gasteiger partial charge in [-0.3, -0.25) is 0 Å². The Morgan fingerprint density at radius 1 is 1.00 bits per heavy atom. The fourth-order valence-corrected chi connectivity index (χ4v) is 2.25. The third-order valence-corrected chi connectivity index (χ3v) is 3.28. The van der Waals surface area contributed by atoms with Crippen LogP contribution in [0.3, 0.4) is 0 Å². The van der Waals surface area contributed by atoms with Crippen molar-refractivity contribution in [3.8, 4) is 0 Å². The van der Waals surface area contributed by atoms with Gasteiger partial charge >= 0.3 is 0 Å². The van der Waals surface area contributed by atoms with Crippen LogP contribution in [-0.4, -0.2) is 0 Å². The van der Waals surface area contributed by atoms with Crippen LogP contribution < -0.4 is 0 Å². The molecule has 0 aliphatic rings. The Labute approximate surface area is 107 Å². The molecule has 0 heteroatoms. The first-order valence-corrected chi connectivity index (χ1v) is 6.99. The van der Waals surface area contributed by atoms with E-state index in [4.69, 9.17) is 0 Å². The Balaban J connectivity index is 2.34. The highest BCUT2D eigenvalue weighted by molar-refractivity contribution is 5.64. The van der Waals surface area contributed by atoms with E-state index in [-0.39, 0.29) is 0 Å². The summed E-state index contributed by atoms with van der Waals surface area (Å²) in [6.07, 6.45) is 9.40. The number of hydrogen-bond acceptors (Lipinski definition) is 0. The van der Waals surface area contributed by atoms with Crippen molar-refractivity contribution >= 4 is 5.57 Å². The van der Waals surface area contributed by atoms with Crippen molar-refractivity contribution in [2.75, 3.05) is 0 Å². The van der Waals surface area contributed by atoms with Gasteiger partial charge in [0, 0.05) is 0 Å². The van der Waals surface area contributed by atoms with Crippen molar-refractivity contribution in [1.82, 2.24) is 0 Å². The first-order chi connectivity index (χ1) is 8.25. The van der Waals surface area contributed by atoms with Crippen LogP contribution in [0.1, 0.15) is 63.5 Å². The molecule has 0 nitrogen and oxygen atoms in total. The minimum absolute atomic E-state index is 1.19. The molecule has 17 heavy (non-hydrogen) atoms. The van der Waals surface area contributed by atoms with Crippen LogP contribution in [0, 0.1) is 0 Å². The lowest BCUT2D eigenvalue weighted by molar-refractivity contribution is 0.607. The molecule has 1 aromatic rings. The smallest absolute Gasteiger partial charge is 0.0201 e. The van der Waals surface area contributed by atoms with Crippen molar-refractivity contribution in [1.29, 1.82) is 0 Å². The molecular weight excluding hydrogens is 204 g/mol. The second-order valence-electron chi connectivity index (χ2n) is 4.96. The van der Waals surface area contributed by atoms with Crippen molar-refractivity contribution in [2.45, 2.75) is 58.8 Å². The van der Waals surface area contributed by atoms with Gasteiger partial charge in [-0.2, -0.15) is 0 Å². The lowest BCUT2D eigenvalue weighted by Gasteiger charge is -2.08. The highest BCUT2D eigenvalue weighted by Crippen LogP contribution is 2.19. The number of unbranched alkanes of at least 4 members (excludes halogenated alkanes) is 5. The number of aryl methyl sites for hydroxylation is 1. The van der Waals surface area contributed by atoms with Gasteiger partial charge in [-0.15, -0.1) is 0 Å². The van der Waals surface area contributed by atoms with Gasteiger partial charge in [0.25, 0.3) is 0 Å². The molecule has 94 valence electrons. The maximum absolute atomic E-state index is 4.05. The SMILES string of the molecule is C=C(C)c1ccccc1CCCCCCCC. The predicted molar refractivity (Wildman–Crippen MR) is 78.2 cm³/mol. The number of benzene rings is 1. The molecule has 0 atom stereocenters. The molecule has 1 rings (SSSR count). The van der Waals surface area contributed by atoms with Gasteiger partial charge < -0.3 is 0 Å². The van der Waals surface area contributed by atoms with Crippen molar-refractivity contribution in [2.24, 2.45) is 0 Å². The lowest BCUT2D eigenvalue weighted by Crippen LogP contribution is -1.92. The van der Waals surface area contributed by atoms with Crippen LogP contribution in [0.25, 0.3) is 5.57 Å². The average molecular weight is 230 g/mol. The monoisotopic (exact) mass is 230 g/mol. The third-order valence-electron chi connectivity index (χ3n) is 3.28. The average Bonchev–Trinajstić information content (AvgIpc) is 2.34. The van der Waals surface area contributed by atoms with Crippen LogP contribution >= 0.6 is 0 Å². The van der Waals surface area contributed by atoms with E-state index in [0.29, 0.717) is 0 Å². The van der Waals surface area contributed by atoms with Crippen molar-refractivity contribution in [3.05, 3.63) is 42.0 Å². The summed E-state index contributed by atoms with van der Waals surface area (Å²) >= 11 is 0. The zero-order valence-corrected chi connectivity index (χ0v) is 11.5. The molecule has 0 fully saturated rings. The fourth-order valence-electron chi connectivity index (χ4n) is 2.25. The largest absolute Gasteiger partial charge is 0.0955 e. The molecule has 0 spiro atoms. The van der Waals surface area contributed by atoms with Gasteiger partial charge in [-0.1, -0.05) is 75.4 Å². The lowest BCUT2D eigenvalue weighted by atomic mass is 9.97. The summed E-state index contributed by atoms with van der Waals surface area (Å²) in [6.45, 7) is 8.42. The minimum Gasteiger partial charge on any atom is -0.0955 e. The summed E-state index contributed by atoms with van der Waals surface area (Å²) in [5, 5.41) is 0. The van der Waals surface area contributed by atoms with E-state index in [1.54, 1.807) is 0 Å². The summed E-state index contributed by atoms with van der Waals surface area (Å²) < 4.78 is 0. The summed E-state index contributed by atoms with van der Waals surface area (Å²) in [7, 11) is 0. The van der Waals surface area contributed by atoms with Gasteiger partial charge in [-0.05, 0) is 30.9 Å². The maximum Gasteiger partial charge on any atom is -0.0201 e. The second kappa shape index (κ2) is 8.11. The Hall–Kier alpha value is -1.04. The van der Waals surface area contributed by atoms with Gasteiger partial charge in [0.2, 0.25) is 0 Å². The molecule has 0 heterocycles. The fraction of sp³-hybridized carbons (Fsp3) is 0.529. The first-order valence-electron chi connectivity index (χ1n) is 6.99. The maximum atomic E-state index is 4.05. The van der Waals surface area contributed by atoms with E-state index in [1.165, 1.54) is 61.6 Å². The molecule has 0 bridgehead atoms. The van der Waals surface area contributed by atoms with E-state index in [2.05, 4.69) is 44.7 Å². The zero-order valence-electron chi connectivity index (χ0n) is 11.5. The van der Waals surface area contributed by atoms with Gasteiger partial charge in [0.15, 0.2) is 0 Å². The van der Waals surface area contributed by atoms with E-state index in [0.717, 1.165) is 0 Å². The predicted octanol–water partition coefficient (Wildman–Crippen LogP) is 5.62. The van der Waals surface area contributed by atoms with E-state index < -0.39 is 0 Å². The normalized spacial score (nSPS) is 10.5. The topological polar surface area (TPSA) is 0 Å². The first kappa shape index (κ1) is 14.0. The van der Waals surface area contributed by atoms with Crippen LogP contribution in [0.5, 0.6) is 0 Å². The van der Waals surface area contributed by atoms with Crippen LogP contribution in [0.15, 0.2) is 30.8 Å². The Bertz CT molecular complexity index is 336. The molecule has 0 saturated heterocycles. The molecule has 0 aliphatic heterocycles. The van der Waals surface area contributed by atoms with Crippen molar-refractivity contribution in [3.63, 3.8) is 0 Å². The van der Waals surface area contributed by atoms with Crippen LogP contribution in [0.4, 0.5) is 0 Å². The quantitative estimate of drug-likeness (QED) is 0.508. The second-order valence-corrected chi connectivity index (χ2v) is 4.96. The molecule has 0 unspecified atom stereocenters. The highest BCUT2D eigenvalue weighted by Gasteiger charge is 2.01. The van der Waals surface area contributed by atoms with Gasteiger partial charge in [0.05, 0.1) is 0 Å². The Morgan fingerprint density at radius 3 is 2.35 bits per heavy atom. The number of hydrogen-bond donors (Lipinski definition) is 0.